The van der Waals surface area contributed by atoms with Crippen LogP contribution >= 0.6 is 0 Å². The van der Waals surface area contributed by atoms with E-state index in [0.29, 0.717) is 0 Å². The van der Waals surface area contributed by atoms with Gasteiger partial charge in [-0.2, -0.15) is 0 Å². The molecule has 66 valence electrons. The fraction of sp³-hybridized carbons (Fsp3) is 0.444. The molecule has 0 amide bonds. The van der Waals surface area contributed by atoms with E-state index in [1.165, 1.54) is 0 Å². The molecule has 0 bridgehead atoms. The summed E-state index contributed by atoms with van der Waals surface area (Å²) in [5.74, 6) is 0. The molecule has 0 saturated carbocycles. The maximum Gasteiger partial charge on any atom is 0.0570 e. The summed E-state index contributed by atoms with van der Waals surface area (Å²) < 4.78 is 0. The average Bonchev–Trinajstić information content (AvgIpc) is 2.17. The first-order valence-corrected chi connectivity index (χ1v) is 4.12. The molecule has 0 radical (unpaired) electrons. The molecule has 3 heteroatoms. The molecule has 1 N–H and O–H groups in total. The number of anilines is 2. The predicted octanol–water partition coefficient (Wildman–Crippen LogP) is 1.58. The number of aromatic nitrogens is 1. The fourth-order valence-electron chi connectivity index (χ4n) is 0.956. The molecular formula is C9H15N3. The van der Waals surface area contributed by atoms with Gasteiger partial charge in [0.05, 0.1) is 23.8 Å². The molecule has 1 heterocycles. The van der Waals surface area contributed by atoms with Gasteiger partial charge in [0, 0.05) is 20.6 Å². The molecule has 0 aliphatic heterocycles. The first-order valence-electron chi connectivity index (χ1n) is 4.12. The maximum atomic E-state index is 4.12. The Morgan fingerprint density at radius 2 is 2.25 bits per heavy atom. The summed E-state index contributed by atoms with van der Waals surface area (Å²) in [6, 6.07) is 2.08. The number of nitrogens with zero attached hydrogens (tertiary/aromatic N) is 2. The zero-order valence-corrected chi connectivity index (χ0v) is 7.83. The topological polar surface area (TPSA) is 28.2 Å². The molecule has 0 aliphatic rings. The van der Waals surface area contributed by atoms with Gasteiger partial charge in [0.15, 0.2) is 0 Å². The van der Waals surface area contributed by atoms with Crippen LogP contribution in [0.4, 0.5) is 11.4 Å². The molecule has 0 unspecified atom stereocenters. The summed E-state index contributed by atoms with van der Waals surface area (Å²) in [4.78, 5) is 6.27. The van der Waals surface area contributed by atoms with Crippen molar-refractivity contribution in [2.45, 2.75) is 6.92 Å². The van der Waals surface area contributed by atoms with Gasteiger partial charge in [-0.15, -0.1) is 0 Å². The monoisotopic (exact) mass is 165 g/mol. The van der Waals surface area contributed by atoms with Crippen molar-refractivity contribution in [1.82, 2.24) is 4.98 Å². The molecule has 0 saturated heterocycles. The minimum atomic E-state index is 0.995. The SMILES string of the molecule is CCN(C)c1cncc(NC)c1. The van der Waals surface area contributed by atoms with E-state index in [1.807, 2.05) is 19.4 Å². The third kappa shape index (κ3) is 1.87. The second kappa shape index (κ2) is 3.95. The van der Waals surface area contributed by atoms with E-state index in [0.717, 1.165) is 17.9 Å². The van der Waals surface area contributed by atoms with E-state index >= 15 is 0 Å². The highest BCUT2D eigenvalue weighted by Gasteiger charge is 1.98. The lowest BCUT2D eigenvalue weighted by Gasteiger charge is -2.16. The summed E-state index contributed by atoms with van der Waals surface area (Å²) in [7, 11) is 3.95. The molecule has 12 heavy (non-hydrogen) atoms. The quantitative estimate of drug-likeness (QED) is 0.737. The molecular weight excluding hydrogens is 150 g/mol. The van der Waals surface area contributed by atoms with E-state index < -0.39 is 0 Å². The number of rotatable bonds is 3. The Kier molecular flexibility index (Phi) is 2.91. The number of hydrogen-bond donors (Lipinski definition) is 1. The fourth-order valence-corrected chi connectivity index (χ4v) is 0.956. The van der Waals surface area contributed by atoms with Crippen LogP contribution in [0.1, 0.15) is 6.92 Å². The van der Waals surface area contributed by atoms with Crippen molar-refractivity contribution in [2.24, 2.45) is 0 Å². The summed E-state index contributed by atoms with van der Waals surface area (Å²) >= 11 is 0. The molecule has 0 aliphatic carbocycles. The van der Waals surface area contributed by atoms with Crippen molar-refractivity contribution in [3.05, 3.63) is 18.5 Å². The van der Waals surface area contributed by atoms with Gasteiger partial charge in [0.1, 0.15) is 0 Å². The molecule has 0 spiro atoms. The van der Waals surface area contributed by atoms with Crippen LogP contribution < -0.4 is 10.2 Å². The average molecular weight is 165 g/mol. The van der Waals surface area contributed by atoms with Gasteiger partial charge < -0.3 is 10.2 Å². The van der Waals surface area contributed by atoms with E-state index in [4.69, 9.17) is 0 Å². The van der Waals surface area contributed by atoms with Gasteiger partial charge in [0.25, 0.3) is 0 Å². The molecule has 1 aromatic rings. The van der Waals surface area contributed by atoms with E-state index in [1.54, 1.807) is 0 Å². The first-order chi connectivity index (χ1) is 5.77. The molecule has 0 atom stereocenters. The zero-order chi connectivity index (χ0) is 8.97. The van der Waals surface area contributed by atoms with Crippen molar-refractivity contribution < 1.29 is 0 Å². The smallest absolute Gasteiger partial charge is 0.0570 e. The highest BCUT2D eigenvalue weighted by atomic mass is 15.1. The van der Waals surface area contributed by atoms with Crippen LogP contribution in [0.3, 0.4) is 0 Å². The van der Waals surface area contributed by atoms with Gasteiger partial charge >= 0.3 is 0 Å². The molecule has 3 nitrogen and oxygen atoms in total. The molecule has 0 fully saturated rings. The lowest BCUT2D eigenvalue weighted by atomic mass is 10.3. The Morgan fingerprint density at radius 3 is 2.83 bits per heavy atom. The van der Waals surface area contributed by atoms with E-state index in [-0.39, 0.29) is 0 Å². The third-order valence-corrected chi connectivity index (χ3v) is 1.93. The summed E-state index contributed by atoms with van der Waals surface area (Å²) in [5, 5.41) is 3.06. The van der Waals surface area contributed by atoms with Crippen LogP contribution in [0.15, 0.2) is 18.5 Å². The van der Waals surface area contributed by atoms with Crippen molar-refractivity contribution in [1.29, 1.82) is 0 Å². The largest absolute Gasteiger partial charge is 0.387 e. The van der Waals surface area contributed by atoms with E-state index in [2.05, 4.69) is 35.2 Å². The van der Waals surface area contributed by atoms with Crippen LogP contribution in [0.5, 0.6) is 0 Å². The molecule has 1 aromatic heterocycles. The van der Waals surface area contributed by atoms with Crippen molar-refractivity contribution in [2.75, 3.05) is 30.9 Å². The van der Waals surface area contributed by atoms with Crippen molar-refractivity contribution in [3.8, 4) is 0 Å². The summed E-state index contributed by atoms with van der Waals surface area (Å²) in [6.45, 7) is 3.11. The lowest BCUT2D eigenvalue weighted by molar-refractivity contribution is 0.962. The van der Waals surface area contributed by atoms with E-state index in [9.17, 15) is 0 Å². The maximum absolute atomic E-state index is 4.12. The minimum absolute atomic E-state index is 0.995. The summed E-state index contributed by atoms with van der Waals surface area (Å²) in [5.41, 5.74) is 2.19. The van der Waals surface area contributed by atoms with Crippen molar-refractivity contribution >= 4 is 11.4 Å². The first kappa shape index (κ1) is 8.84. The number of pyridine rings is 1. The van der Waals surface area contributed by atoms with Gasteiger partial charge in [-0.05, 0) is 13.0 Å². The van der Waals surface area contributed by atoms with Crippen LogP contribution in [0.25, 0.3) is 0 Å². The third-order valence-electron chi connectivity index (χ3n) is 1.93. The molecule has 1 rings (SSSR count). The minimum Gasteiger partial charge on any atom is -0.387 e. The highest BCUT2D eigenvalue weighted by Crippen LogP contribution is 2.15. The Morgan fingerprint density at radius 1 is 1.50 bits per heavy atom. The number of nitrogens with one attached hydrogen (secondary N) is 1. The molecule has 0 aromatic carbocycles. The van der Waals surface area contributed by atoms with Crippen molar-refractivity contribution in [3.63, 3.8) is 0 Å². The second-order valence-corrected chi connectivity index (χ2v) is 2.70. The van der Waals surface area contributed by atoms with Gasteiger partial charge in [0.2, 0.25) is 0 Å². The van der Waals surface area contributed by atoms with Gasteiger partial charge in [-0.1, -0.05) is 0 Å². The lowest BCUT2D eigenvalue weighted by Crippen LogP contribution is -2.15. The Balaban J connectivity index is 2.86. The second-order valence-electron chi connectivity index (χ2n) is 2.70. The van der Waals surface area contributed by atoms with Crippen LogP contribution in [0, 0.1) is 0 Å². The standard InChI is InChI=1S/C9H15N3/c1-4-12(3)9-5-8(10-2)6-11-7-9/h5-7,10H,4H2,1-3H3. The Bertz CT molecular complexity index is 247. The van der Waals surface area contributed by atoms with Crippen LogP contribution in [-0.2, 0) is 0 Å². The van der Waals surface area contributed by atoms with Gasteiger partial charge in [-0.25, -0.2) is 0 Å². The Hall–Kier alpha value is -1.25. The zero-order valence-electron chi connectivity index (χ0n) is 7.83. The highest BCUT2D eigenvalue weighted by molar-refractivity contribution is 5.54. The van der Waals surface area contributed by atoms with Gasteiger partial charge in [-0.3, -0.25) is 4.98 Å². The van der Waals surface area contributed by atoms with Crippen LogP contribution in [0.2, 0.25) is 0 Å². The Labute approximate surface area is 73.4 Å². The summed E-state index contributed by atoms with van der Waals surface area (Å²) in [6.07, 6.45) is 3.68. The number of hydrogen-bond acceptors (Lipinski definition) is 3. The van der Waals surface area contributed by atoms with Crippen LogP contribution in [-0.4, -0.2) is 25.6 Å². The predicted molar refractivity (Wildman–Crippen MR) is 52.7 cm³/mol. The normalized spacial score (nSPS) is 9.58.